The number of hydrogen-bond acceptors (Lipinski definition) is 4. The molecule has 5 heteroatoms. The third-order valence-corrected chi connectivity index (χ3v) is 3.01. The largest absolute Gasteiger partial charge is 0.468 e. The number of likely N-dealkylation sites (N-methyl/N-ethyl adjacent to an activating group) is 1. The number of methoxy groups -OCH3 is 1. The van der Waals surface area contributed by atoms with Gasteiger partial charge in [0.15, 0.2) is 0 Å². The number of hydrogen-bond donors (Lipinski definition) is 1. The lowest BCUT2D eigenvalue weighted by Gasteiger charge is -2.25. The van der Waals surface area contributed by atoms with Gasteiger partial charge in [0.2, 0.25) is 0 Å². The Morgan fingerprint density at radius 1 is 1.65 bits per heavy atom. The zero-order valence-corrected chi connectivity index (χ0v) is 11.0. The van der Waals surface area contributed by atoms with Crippen LogP contribution in [0.1, 0.15) is 25.3 Å². The van der Waals surface area contributed by atoms with Crippen LogP contribution < -0.4 is 5.32 Å². The van der Waals surface area contributed by atoms with Crippen molar-refractivity contribution in [1.29, 1.82) is 0 Å². The zero-order valence-electron chi connectivity index (χ0n) is 11.0. The minimum Gasteiger partial charge on any atom is -0.468 e. The summed E-state index contributed by atoms with van der Waals surface area (Å²) in [7, 11) is 3.18. The Morgan fingerprint density at radius 3 is 2.82 bits per heavy atom. The SMILES string of the molecule is CNC(C)(CCCn1cc(C)cn1)C(=O)OC. The molecule has 1 rings (SSSR count). The van der Waals surface area contributed by atoms with Crippen LogP contribution in [0.15, 0.2) is 12.4 Å². The van der Waals surface area contributed by atoms with Crippen molar-refractivity contribution < 1.29 is 9.53 Å². The summed E-state index contributed by atoms with van der Waals surface area (Å²) >= 11 is 0. The van der Waals surface area contributed by atoms with E-state index in [0.29, 0.717) is 0 Å². The van der Waals surface area contributed by atoms with Gasteiger partial charge in [-0.15, -0.1) is 0 Å². The predicted molar refractivity (Wildman–Crippen MR) is 65.7 cm³/mol. The molecule has 0 aliphatic heterocycles. The normalized spacial score (nSPS) is 14.4. The van der Waals surface area contributed by atoms with E-state index in [1.165, 1.54) is 7.11 Å². The molecule has 0 spiro atoms. The highest BCUT2D eigenvalue weighted by atomic mass is 16.5. The van der Waals surface area contributed by atoms with Crippen molar-refractivity contribution in [2.24, 2.45) is 0 Å². The molecule has 0 aliphatic rings. The molecule has 0 radical (unpaired) electrons. The van der Waals surface area contributed by atoms with E-state index in [-0.39, 0.29) is 5.97 Å². The summed E-state index contributed by atoms with van der Waals surface area (Å²) in [6.07, 6.45) is 5.41. The first-order chi connectivity index (χ1) is 8.01. The van der Waals surface area contributed by atoms with E-state index in [1.54, 1.807) is 7.05 Å². The fourth-order valence-corrected chi connectivity index (χ4v) is 1.74. The molecule has 17 heavy (non-hydrogen) atoms. The molecule has 0 saturated carbocycles. The maximum Gasteiger partial charge on any atom is 0.325 e. The number of carbonyl (C=O) groups is 1. The van der Waals surface area contributed by atoms with E-state index < -0.39 is 5.54 Å². The predicted octanol–water partition coefficient (Wildman–Crippen LogP) is 1.12. The van der Waals surface area contributed by atoms with Gasteiger partial charge in [0.25, 0.3) is 0 Å². The number of carbonyl (C=O) groups excluding carboxylic acids is 1. The Kier molecular flexibility index (Phi) is 4.69. The van der Waals surface area contributed by atoms with Crippen LogP contribution in [0.5, 0.6) is 0 Å². The molecule has 0 bridgehead atoms. The van der Waals surface area contributed by atoms with Crippen molar-refractivity contribution in [3.63, 3.8) is 0 Å². The highest BCUT2D eigenvalue weighted by Gasteiger charge is 2.31. The summed E-state index contributed by atoms with van der Waals surface area (Å²) in [6, 6.07) is 0. The van der Waals surface area contributed by atoms with Gasteiger partial charge in [-0.3, -0.25) is 9.48 Å². The first kappa shape index (κ1) is 13.7. The monoisotopic (exact) mass is 239 g/mol. The quantitative estimate of drug-likeness (QED) is 0.756. The fourth-order valence-electron chi connectivity index (χ4n) is 1.74. The van der Waals surface area contributed by atoms with Crippen LogP contribution in [-0.4, -0.2) is 35.4 Å². The third-order valence-electron chi connectivity index (χ3n) is 3.01. The summed E-state index contributed by atoms with van der Waals surface area (Å²) in [4.78, 5) is 11.6. The highest BCUT2D eigenvalue weighted by molar-refractivity contribution is 5.80. The molecule has 1 aromatic heterocycles. The maximum absolute atomic E-state index is 11.6. The Bertz CT molecular complexity index is 376. The second-order valence-corrected chi connectivity index (χ2v) is 4.46. The molecule has 0 fully saturated rings. The van der Waals surface area contributed by atoms with Crippen molar-refractivity contribution >= 4 is 5.97 Å². The molecule has 1 N–H and O–H groups in total. The van der Waals surface area contributed by atoms with Gasteiger partial charge in [0, 0.05) is 12.7 Å². The van der Waals surface area contributed by atoms with Crippen LogP contribution in [0.2, 0.25) is 0 Å². The van der Waals surface area contributed by atoms with E-state index in [4.69, 9.17) is 4.74 Å². The smallest absolute Gasteiger partial charge is 0.325 e. The van der Waals surface area contributed by atoms with Gasteiger partial charge in [-0.05, 0) is 39.3 Å². The molecule has 1 unspecified atom stereocenters. The summed E-state index contributed by atoms with van der Waals surface area (Å²) in [5.74, 6) is -0.225. The first-order valence-corrected chi connectivity index (χ1v) is 5.78. The van der Waals surface area contributed by atoms with Crippen molar-refractivity contribution in [2.75, 3.05) is 14.2 Å². The Balaban J connectivity index is 2.46. The van der Waals surface area contributed by atoms with E-state index in [2.05, 4.69) is 10.4 Å². The molecule has 96 valence electrons. The van der Waals surface area contributed by atoms with Crippen molar-refractivity contribution in [3.05, 3.63) is 18.0 Å². The van der Waals surface area contributed by atoms with Gasteiger partial charge in [-0.2, -0.15) is 5.10 Å². The number of rotatable bonds is 6. The number of nitrogens with zero attached hydrogens (tertiary/aromatic N) is 2. The zero-order chi connectivity index (χ0) is 12.9. The van der Waals surface area contributed by atoms with Crippen LogP contribution >= 0.6 is 0 Å². The van der Waals surface area contributed by atoms with Crippen molar-refractivity contribution in [2.45, 2.75) is 38.8 Å². The molecule has 5 nitrogen and oxygen atoms in total. The van der Waals surface area contributed by atoms with E-state index in [1.807, 2.05) is 30.9 Å². The summed E-state index contributed by atoms with van der Waals surface area (Å²) in [6.45, 7) is 4.67. The van der Waals surface area contributed by atoms with Gasteiger partial charge in [0.05, 0.1) is 13.3 Å². The summed E-state index contributed by atoms with van der Waals surface area (Å²) < 4.78 is 6.68. The van der Waals surface area contributed by atoms with Crippen LogP contribution in [0, 0.1) is 6.92 Å². The lowest BCUT2D eigenvalue weighted by Crippen LogP contribution is -2.48. The molecule has 1 atom stereocenters. The fraction of sp³-hybridized carbons (Fsp3) is 0.667. The van der Waals surface area contributed by atoms with E-state index in [0.717, 1.165) is 24.9 Å². The van der Waals surface area contributed by atoms with Crippen molar-refractivity contribution in [1.82, 2.24) is 15.1 Å². The minimum atomic E-state index is -0.614. The molecule has 1 aromatic rings. The topological polar surface area (TPSA) is 56.2 Å². The number of nitrogens with one attached hydrogen (secondary N) is 1. The average molecular weight is 239 g/mol. The summed E-state index contributed by atoms with van der Waals surface area (Å²) in [5.41, 5.74) is 0.533. The summed E-state index contributed by atoms with van der Waals surface area (Å²) in [5, 5.41) is 7.22. The lowest BCUT2D eigenvalue weighted by atomic mass is 9.96. The Hall–Kier alpha value is -1.36. The van der Waals surface area contributed by atoms with Gasteiger partial charge >= 0.3 is 5.97 Å². The number of aromatic nitrogens is 2. The van der Waals surface area contributed by atoms with Crippen LogP contribution in [0.25, 0.3) is 0 Å². The van der Waals surface area contributed by atoms with Crippen LogP contribution in [0.4, 0.5) is 0 Å². The lowest BCUT2D eigenvalue weighted by molar-refractivity contribution is -0.148. The second kappa shape index (κ2) is 5.82. The number of ether oxygens (including phenoxy) is 1. The molecule has 0 amide bonds. The highest BCUT2D eigenvalue weighted by Crippen LogP contribution is 2.14. The standard InChI is InChI=1S/C12H21N3O2/c1-10-8-14-15(9-10)7-5-6-12(2,13-3)11(16)17-4/h8-9,13H,5-7H2,1-4H3. The Morgan fingerprint density at radius 2 is 2.35 bits per heavy atom. The van der Waals surface area contributed by atoms with Gasteiger partial charge in [-0.1, -0.05) is 0 Å². The molecular weight excluding hydrogens is 218 g/mol. The van der Waals surface area contributed by atoms with E-state index in [9.17, 15) is 4.79 Å². The first-order valence-electron chi connectivity index (χ1n) is 5.78. The average Bonchev–Trinajstić information content (AvgIpc) is 2.73. The van der Waals surface area contributed by atoms with Gasteiger partial charge in [-0.25, -0.2) is 0 Å². The van der Waals surface area contributed by atoms with Gasteiger partial charge < -0.3 is 10.1 Å². The third kappa shape index (κ3) is 3.56. The molecule has 1 heterocycles. The maximum atomic E-state index is 11.6. The number of aryl methyl sites for hydroxylation is 2. The Labute approximate surface area is 102 Å². The van der Waals surface area contributed by atoms with Crippen LogP contribution in [0.3, 0.4) is 0 Å². The molecule has 0 aromatic carbocycles. The van der Waals surface area contributed by atoms with Crippen molar-refractivity contribution in [3.8, 4) is 0 Å². The van der Waals surface area contributed by atoms with Crippen LogP contribution in [-0.2, 0) is 16.1 Å². The molecular formula is C12H21N3O2. The number of esters is 1. The molecule has 0 aliphatic carbocycles. The molecule has 0 saturated heterocycles. The minimum absolute atomic E-state index is 0.225. The second-order valence-electron chi connectivity index (χ2n) is 4.46. The van der Waals surface area contributed by atoms with E-state index >= 15 is 0 Å². The van der Waals surface area contributed by atoms with Gasteiger partial charge in [0.1, 0.15) is 5.54 Å².